The van der Waals surface area contributed by atoms with E-state index in [1.165, 1.54) is 24.9 Å². The average Bonchev–Trinajstić information content (AvgIpc) is 3.34. The lowest BCUT2D eigenvalue weighted by Crippen LogP contribution is -2.30. The number of benzene rings is 2. The van der Waals surface area contributed by atoms with Crippen molar-refractivity contribution in [2.45, 2.75) is 32.1 Å². The maximum absolute atomic E-state index is 12.4. The van der Waals surface area contributed by atoms with Crippen molar-refractivity contribution >= 4 is 34.6 Å². The van der Waals surface area contributed by atoms with E-state index in [2.05, 4.69) is 20.4 Å². The van der Waals surface area contributed by atoms with Gasteiger partial charge in [-0.25, -0.2) is 0 Å². The minimum Gasteiger partial charge on any atom is -0.375 e. The molecule has 0 aliphatic carbocycles. The van der Waals surface area contributed by atoms with Crippen molar-refractivity contribution in [1.82, 2.24) is 0 Å². The molecule has 2 amide bonds. The Morgan fingerprint density at radius 2 is 1.39 bits per heavy atom. The summed E-state index contributed by atoms with van der Waals surface area (Å²) >= 11 is 0. The maximum atomic E-state index is 12.4. The van der Waals surface area contributed by atoms with Gasteiger partial charge in [0.2, 0.25) is 5.91 Å². The zero-order valence-electron chi connectivity index (χ0n) is 17.9. The summed E-state index contributed by atoms with van der Waals surface area (Å²) < 4.78 is 0. The number of nitrogens with two attached hydrogens (primary N) is 1. The maximum Gasteiger partial charge on any atom is 0.250 e. The molecule has 0 bridgehead atoms. The highest BCUT2D eigenvalue weighted by Gasteiger charge is 2.16. The predicted octanol–water partition coefficient (Wildman–Crippen LogP) is 3.43. The van der Waals surface area contributed by atoms with Crippen LogP contribution in [-0.2, 0) is 4.79 Å². The third-order valence-electron chi connectivity index (χ3n) is 6.05. The van der Waals surface area contributed by atoms with Crippen LogP contribution in [0.4, 0.5) is 22.7 Å². The van der Waals surface area contributed by atoms with E-state index in [1.807, 2.05) is 42.5 Å². The molecule has 0 radical (unpaired) electrons. The van der Waals surface area contributed by atoms with E-state index in [9.17, 15) is 9.59 Å². The number of nitrogens with zero attached hydrogens (tertiary/aromatic N) is 2. The second-order valence-electron chi connectivity index (χ2n) is 8.28. The van der Waals surface area contributed by atoms with Crippen LogP contribution in [0, 0.1) is 0 Å². The number of hydrogen-bond acceptors (Lipinski definition) is 5. The van der Waals surface area contributed by atoms with Crippen LogP contribution >= 0.6 is 0 Å². The number of anilines is 4. The van der Waals surface area contributed by atoms with Crippen LogP contribution in [0.3, 0.4) is 0 Å². The normalized spacial score (nSPS) is 16.3. The molecule has 0 aromatic heterocycles. The molecule has 2 aliphatic rings. The van der Waals surface area contributed by atoms with E-state index in [0.717, 1.165) is 50.4 Å². The third kappa shape index (κ3) is 5.29. The van der Waals surface area contributed by atoms with Gasteiger partial charge in [-0.05, 0) is 74.6 Å². The molecular weight excluding hydrogens is 390 g/mol. The monoisotopic (exact) mass is 421 g/mol. The fourth-order valence-electron chi connectivity index (χ4n) is 4.35. The van der Waals surface area contributed by atoms with E-state index >= 15 is 0 Å². The van der Waals surface area contributed by atoms with Crippen LogP contribution in [-0.4, -0.2) is 44.5 Å². The smallest absolute Gasteiger partial charge is 0.250 e. The van der Waals surface area contributed by atoms with E-state index in [-0.39, 0.29) is 12.5 Å². The first kappa shape index (κ1) is 21.0. The topological polar surface area (TPSA) is 90.7 Å². The molecule has 0 spiro atoms. The molecule has 0 atom stereocenters. The molecule has 4 N–H and O–H groups in total. The van der Waals surface area contributed by atoms with Gasteiger partial charge in [-0.3, -0.25) is 9.59 Å². The van der Waals surface area contributed by atoms with Crippen LogP contribution < -0.4 is 26.2 Å². The molecule has 164 valence electrons. The largest absolute Gasteiger partial charge is 0.375 e. The standard InChI is InChI=1S/C24H31N5O2/c25-24(31)21-16-20(29-12-2-1-3-13-29)10-11-22(21)26-17-23(30)27-18-6-8-19(9-7-18)28-14-4-5-15-28/h6-11,16,26H,1-5,12-15,17H2,(H2,25,31)(H,27,30). The minimum atomic E-state index is -0.501. The molecule has 31 heavy (non-hydrogen) atoms. The van der Waals surface area contributed by atoms with Gasteiger partial charge in [0.15, 0.2) is 0 Å². The second-order valence-corrected chi connectivity index (χ2v) is 8.28. The molecular formula is C24H31N5O2. The van der Waals surface area contributed by atoms with Crippen molar-refractivity contribution in [2.75, 3.05) is 53.2 Å². The summed E-state index contributed by atoms with van der Waals surface area (Å²) in [4.78, 5) is 29.0. The number of carbonyl (C=O) groups is 2. The van der Waals surface area contributed by atoms with Gasteiger partial charge in [0.25, 0.3) is 5.91 Å². The van der Waals surface area contributed by atoms with Gasteiger partial charge in [0.1, 0.15) is 0 Å². The number of primary amides is 1. The highest BCUT2D eigenvalue weighted by atomic mass is 16.2. The fraction of sp³-hybridized carbons (Fsp3) is 0.417. The van der Waals surface area contributed by atoms with E-state index in [1.54, 1.807) is 0 Å². The number of hydrogen-bond donors (Lipinski definition) is 3. The van der Waals surface area contributed by atoms with Gasteiger partial charge in [-0.15, -0.1) is 0 Å². The molecule has 7 nitrogen and oxygen atoms in total. The molecule has 7 heteroatoms. The second kappa shape index (κ2) is 9.73. The highest BCUT2D eigenvalue weighted by Crippen LogP contribution is 2.26. The first-order valence-corrected chi connectivity index (χ1v) is 11.2. The average molecular weight is 422 g/mol. The Balaban J connectivity index is 1.35. The molecule has 0 unspecified atom stereocenters. The SMILES string of the molecule is NC(=O)c1cc(N2CCCCC2)ccc1NCC(=O)Nc1ccc(N2CCCC2)cc1. The van der Waals surface area contributed by atoms with Crippen molar-refractivity contribution in [3.05, 3.63) is 48.0 Å². The van der Waals surface area contributed by atoms with Crippen molar-refractivity contribution in [3.63, 3.8) is 0 Å². The molecule has 2 fully saturated rings. The summed E-state index contributed by atoms with van der Waals surface area (Å²) in [6.07, 6.45) is 6.03. The van der Waals surface area contributed by atoms with Crippen LogP contribution in [0.15, 0.2) is 42.5 Å². The first-order valence-electron chi connectivity index (χ1n) is 11.2. The Kier molecular flexibility index (Phi) is 6.60. The van der Waals surface area contributed by atoms with Crippen LogP contribution in [0.1, 0.15) is 42.5 Å². The molecule has 2 saturated heterocycles. The lowest BCUT2D eigenvalue weighted by atomic mass is 10.1. The fourth-order valence-corrected chi connectivity index (χ4v) is 4.35. The molecule has 4 rings (SSSR count). The number of piperidine rings is 1. The van der Waals surface area contributed by atoms with Gasteiger partial charge >= 0.3 is 0 Å². The minimum absolute atomic E-state index is 0.0528. The molecule has 2 aliphatic heterocycles. The summed E-state index contributed by atoms with van der Waals surface area (Å²) in [5.74, 6) is -0.677. The summed E-state index contributed by atoms with van der Waals surface area (Å²) in [6.45, 7) is 4.22. The van der Waals surface area contributed by atoms with Crippen molar-refractivity contribution < 1.29 is 9.59 Å². The molecule has 2 aromatic rings. The number of rotatable bonds is 7. The van der Waals surface area contributed by atoms with Gasteiger partial charge in [0.05, 0.1) is 12.1 Å². The highest BCUT2D eigenvalue weighted by molar-refractivity contribution is 6.01. The summed E-state index contributed by atoms with van der Waals surface area (Å²) in [6, 6.07) is 13.6. The van der Waals surface area contributed by atoms with E-state index in [4.69, 9.17) is 5.73 Å². The van der Waals surface area contributed by atoms with Crippen molar-refractivity contribution in [1.29, 1.82) is 0 Å². The van der Waals surface area contributed by atoms with E-state index in [0.29, 0.717) is 11.3 Å². The molecule has 2 aromatic carbocycles. The van der Waals surface area contributed by atoms with Gasteiger partial charge in [-0.2, -0.15) is 0 Å². The molecule has 2 heterocycles. The number of carbonyl (C=O) groups excluding carboxylic acids is 2. The quantitative estimate of drug-likeness (QED) is 0.637. The van der Waals surface area contributed by atoms with Gasteiger partial charge < -0.3 is 26.2 Å². The van der Waals surface area contributed by atoms with Crippen LogP contribution in [0.25, 0.3) is 0 Å². The van der Waals surface area contributed by atoms with Crippen molar-refractivity contribution in [3.8, 4) is 0 Å². The number of nitrogens with one attached hydrogen (secondary N) is 2. The summed E-state index contributed by atoms with van der Waals surface area (Å²) in [7, 11) is 0. The van der Waals surface area contributed by atoms with Gasteiger partial charge in [-0.1, -0.05) is 0 Å². The van der Waals surface area contributed by atoms with Crippen LogP contribution in [0.5, 0.6) is 0 Å². The van der Waals surface area contributed by atoms with Crippen LogP contribution in [0.2, 0.25) is 0 Å². The Morgan fingerprint density at radius 1 is 0.806 bits per heavy atom. The Hall–Kier alpha value is -3.22. The third-order valence-corrected chi connectivity index (χ3v) is 6.05. The van der Waals surface area contributed by atoms with E-state index < -0.39 is 5.91 Å². The Bertz CT molecular complexity index is 916. The first-order chi connectivity index (χ1) is 15.1. The zero-order valence-corrected chi connectivity index (χ0v) is 17.9. The Labute approximate surface area is 183 Å². The Morgan fingerprint density at radius 3 is 2.03 bits per heavy atom. The van der Waals surface area contributed by atoms with Crippen molar-refractivity contribution in [2.24, 2.45) is 5.73 Å². The summed E-state index contributed by atoms with van der Waals surface area (Å²) in [5.41, 5.74) is 9.54. The predicted molar refractivity (Wildman–Crippen MR) is 126 cm³/mol. The lowest BCUT2D eigenvalue weighted by Gasteiger charge is -2.29. The molecule has 0 saturated carbocycles. The zero-order chi connectivity index (χ0) is 21.6. The van der Waals surface area contributed by atoms with Gasteiger partial charge in [0, 0.05) is 48.9 Å². The lowest BCUT2D eigenvalue weighted by molar-refractivity contribution is -0.114. The number of amides is 2. The summed E-state index contributed by atoms with van der Waals surface area (Å²) in [5, 5.41) is 5.96.